The van der Waals surface area contributed by atoms with E-state index in [2.05, 4.69) is 53.1 Å². The smallest absolute Gasteiger partial charge is 0.305 e. The molecule has 1 saturated heterocycles. The molecule has 0 spiro atoms. The van der Waals surface area contributed by atoms with Crippen molar-refractivity contribution in [3.63, 3.8) is 0 Å². The van der Waals surface area contributed by atoms with Gasteiger partial charge in [0, 0.05) is 26.1 Å². The lowest BCUT2D eigenvalue weighted by atomic mass is 10.0. The van der Waals surface area contributed by atoms with Crippen molar-refractivity contribution in [2.24, 2.45) is 4.99 Å². The third-order valence-electron chi connectivity index (χ3n) is 4.51. The molecule has 0 amide bonds. The van der Waals surface area contributed by atoms with Gasteiger partial charge in [0.15, 0.2) is 5.96 Å². The number of morpholine rings is 1. The molecule has 27 heavy (non-hydrogen) atoms. The molecular weight excluding hydrogens is 457 g/mol. The van der Waals surface area contributed by atoms with Gasteiger partial charge in [0.1, 0.15) is 6.10 Å². The highest BCUT2D eigenvalue weighted by Gasteiger charge is 2.25. The largest absolute Gasteiger partial charge is 0.469 e. The summed E-state index contributed by atoms with van der Waals surface area (Å²) in [7, 11) is 1.42. The van der Waals surface area contributed by atoms with Gasteiger partial charge in [0.2, 0.25) is 0 Å². The van der Waals surface area contributed by atoms with E-state index in [1.54, 1.807) is 0 Å². The number of guanidine groups is 1. The number of methoxy groups -OCH3 is 1. The fourth-order valence-corrected chi connectivity index (χ4v) is 3.07. The van der Waals surface area contributed by atoms with E-state index in [0.717, 1.165) is 38.4 Å². The lowest BCUT2D eigenvalue weighted by Crippen LogP contribution is -2.48. The number of halogens is 1. The molecular formula is C20H32IN3O3. The summed E-state index contributed by atoms with van der Waals surface area (Å²) in [4.78, 5) is 18.2. The van der Waals surface area contributed by atoms with Crippen molar-refractivity contribution in [1.29, 1.82) is 0 Å². The number of nitrogens with one attached hydrogen (secondary N) is 1. The number of hydrogen-bond acceptors (Lipinski definition) is 4. The van der Waals surface area contributed by atoms with E-state index in [-0.39, 0.29) is 36.0 Å². The van der Waals surface area contributed by atoms with Crippen LogP contribution >= 0.6 is 24.0 Å². The minimum atomic E-state index is -0.157. The van der Waals surface area contributed by atoms with E-state index in [0.29, 0.717) is 19.6 Å². The summed E-state index contributed by atoms with van der Waals surface area (Å²) in [5, 5.41) is 3.38. The molecule has 1 unspecified atom stereocenters. The summed E-state index contributed by atoms with van der Waals surface area (Å²) in [5.74, 6) is 0.766. The highest BCUT2D eigenvalue weighted by atomic mass is 127. The van der Waals surface area contributed by atoms with Crippen molar-refractivity contribution < 1.29 is 14.3 Å². The van der Waals surface area contributed by atoms with Crippen LogP contribution in [0.15, 0.2) is 29.3 Å². The predicted octanol–water partition coefficient (Wildman–Crippen LogP) is 3.30. The van der Waals surface area contributed by atoms with Crippen LogP contribution in [0.1, 0.15) is 43.4 Å². The summed E-state index contributed by atoms with van der Waals surface area (Å²) < 4.78 is 10.7. The lowest BCUT2D eigenvalue weighted by molar-refractivity contribution is -0.140. The number of esters is 1. The number of aliphatic imine (C=N–C) groups is 1. The minimum Gasteiger partial charge on any atom is -0.469 e. The molecule has 1 N–H and O–H groups in total. The second-order valence-corrected chi connectivity index (χ2v) is 6.43. The topological polar surface area (TPSA) is 63.2 Å². The molecule has 1 aliphatic heterocycles. The van der Waals surface area contributed by atoms with Gasteiger partial charge >= 0.3 is 5.97 Å². The van der Waals surface area contributed by atoms with E-state index in [4.69, 9.17) is 9.73 Å². The maximum absolute atomic E-state index is 11.2. The van der Waals surface area contributed by atoms with Gasteiger partial charge in [-0.2, -0.15) is 0 Å². The molecule has 0 radical (unpaired) electrons. The minimum absolute atomic E-state index is 0. The summed E-state index contributed by atoms with van der Waals surface area (Å²) in [5.41, 5.74) is 2.50. The average molecular weight is 489 g/mol. The average Bonchev–Trinajstić information content (AvgIpc) is 2.67. The van der Waals surface area contributed by atoms with Crippen LogP contribution in [0.4, 0.5) is 0 Å². The highest BCUT2D eigenvalue weighted by molar-refractivity contribution is 14.0. The van der Waals surface area contributed by atoms with Crippen LogP contribution in [-0.4, -0.2) is 56.7 Å². The number of hydrogen-bond donors (Lipinski definition) is 1. The first-order chi connectivity index (χ1) is 12.7. The van der Waals surface area contributed by atoms with Crippen molar-refractivity contribution in [2.45, 2.75) is 39.2 Å². The van der Waals surface area contributed by atoms with Gasteiger partial charge in [-0.3, -0.25) is 9.79 Å². The van der Waals surface area contributed by atoms with E-state index in [1.165, 1.54) is 18.2 Å². The van der Waals surface area contributed by atoms with Crippen LogP contribution in [0.2, 0.25) is 0 Å². The molecule has 1 aromatic carbocycles. The molecule has 2 rings (SSSR count). The Labute approximate surface area is 179 Å². The fourth-order valence-electron chi connectivity index (χ4n) is 3.07. The quantitative estimate of drug-likeness (QED) is 0.210. The Balaban J connectivity index is 0.00000364. The zero-order chi connectivity index (χ0) is 18.8. The van der Waals surface area contributed by atoms with Gasteiger partial charge in [0.05, 0.1) is 20.3 Å². The van der Waals surface area contributed by atoms with Crippen LogP contribution in [0, 0.1) is 6.92 Å². The van der Waals surface area contributed by atoms with Gasteiger partial charge in [0.25, 0.3) is 0 Å². The molecule has 1 aromatic rings. The molecule has 0 aromatic heterocycles. The van der Waals surface area contributed by atoms with Crippen molar-refractivity contribution in [3.8, 4) is 0 Å². The van der Waals surface area contributed by atoms with Gasteiger partial charge < -0.3 is 19.7 Å². The molecule has 1 heterocycles. The highest BCUT2D eigenvalue weighted by Crippen LogP contribution is 2.24. The van der Waals surface area contributed by atoms with Crippen molar-refractivity contribution in [3.05, 3.63) is 35.4 Å². The zero-order valence-electron chi connectivity index (χ0n) is 16.6. The zero-order valence-corrected chi connectivity index (χ0v) is 18.9. The van der Waals surface area contributed by atoms with Gasteiger partial charge in [-0.25, -0.2) is 0 Å². The number of unbranched alkanes of at least 4 members (excludes halogenated alkanes) is 1. The molecule has 1 aliphatic rings. The van der Waals surface area contributed by atoms with Crippen LogP contribution in [0.3, 0.4) is 0 Å². The third-order valence-corrected chi connectivity index (χ3v) is 4.51. The van der Waals surface area contributed by atoms with Gasteiger partial charge in [-0.1, -0.05) is 24.3 Å². The standard InChI is InChI=1S/C20H31N3O3.HI/c1-4-21-20(22-12-8-7-11-19(24)25-3)23-13-14-26-18(15-23)17-10-6-5-9-16(17)2;/h5-6,9-10,18H,4,7-8,11-15H2,1-3H3,(H,21,22);1H. The van der Waals surface area contributed by atoms with Crippen LogP contribution in [0.5, 0.6) is 0 Å². The van der Waals surface area contributed by atoms with Gasteiger partial charge in [-0.05, 0) is 37.8 Å². The van der Waals surface area contributed by atoms with Crippen LogP contribution < -0.4 is 5.32 Å². The Hall–Kier alpha value is -1.35. The predicted molar refractivity (Wildman–Crippen MR) is 119 cm³/mol. The first kappa shape index (κ1) is 23.7. The third kappa shape index (κ3) is 7.65. The molecule has 6 nitrogen and oxygen atoms in total. The monoisotopic (exact) mass is 489 g/mol. The number of carbonyl (C=O) groups excluding carboxylic acids is 1. The SMILES string of the molecule is CCNC(=NCCCCC(=O)OC)N1CCOC(c2ccccc2C)C1.I. The first-order valence-electron chi connectivity index (χ1n) is 9.43. The molecule has 1 atom stereocenters. The van der Waals surface area contributed by atoms with Crippen LogP contribution in [0.25, 0.3) is 0 Å². The Kier molecular flexibility index (Phi) is 11.3. The number of benzene rings is 1. The first-order valence-corrected chi connectivity index (χ1v) is 9.43. The number of nitrogens with zero attached hydrogens (tertiary/aromatic N) is 2. The summed E-state index contributed by atoms with van der Waals surface area (Å²) >= 11 is 0. The van der Waals surface area contributed by atoms with E-state index < -0.39 is 0 Å². The second-order valence-electron chi connectivity index (χ2n) is 6.43. The number of aryl methyl sites for hydroxylation is 1. The molecule has 1 fully saturated rings. The Bertz CT molecular complexity index is 610. The molecule has 0 aliphatic carbocycles. The number of rotatable bonds is 7. The maximum atomic E-state index is 11.2. The van der Waals surface area contributed by atoms with E-state index in [9.17, 15) is 4.79 Å². The van der Waals surface area contributed by atoms with Gasteiger partial charge in [-0.15, -0.1) is 24.0 Å². The summed E-state index contributed by atoms with van der Waals surface area (Å²) in [6.45, 7) is 8.03. The fraction of sp³-hybridized carbons (Fsp3) is 0.600. The maximum Gasteiger partial charge on any atom is 0.305 e. The molecule has 7 heteroatoms. The number of carbonyl (C=O) groups is 1. The normalized spacial score (nSPS) is 17.2. The van der Waals surface area contributed by atoms with E-state index >= 15 is 0 Å². The number of ether oxygens (including phenoxy) is 2. The van der Waals surface area contributed by atoms with Crippen molar-refractivity contribution >= 4 is 35.9 Å². The van der Waals surface area contributed by atoms with Crippen molar-refractivity contribution in [2.75, 3.05) is 39.9 Å². The Morgan fingerprint density at radius 3 is 2.85 bits per heavy atom. The second kappa shape index (κ2) is 12.9. The van der Waals surface area contributed by atoms with Crippen molar-refractivity contribution in [1.82, 2.24) is 10.2 Å². The summed E-state index contributed by atoms with van der Waals surface area (Å²) in [6.07, 6.45) is 2.18. The molecule has 0 saturated carbocycles. The Morgan fingerprint density at radius 1 is 1.37 bits per heavy atom. The lowest BCUT2D eigenvalue weighted by Gasteiger charge is -2.35. The van der Waals surface area contributed by atoms with E-state index in [1.807, 2.05) is 0 Å². The summed E-state index contributed by atoms with van der Waals surface area (Å²) in [6, 6.07) is 8.38. The molecule has 152 valence electrons. The Morgan fingerprint density at radius 2 is 2.15 bits per heavy atom. The van der Waals surface area contributed by atoms with Crippen LogP contribution in [-0.2, 0) is 14.3 Å². The molecule has 0 bridgehead atoms.